The quantitative estimate of drug-likeness (QED) is 0.689. The van der Waals surface area contributed by atoms with E-state index < -0.39 is 12.0 Å². The van der Waals surface area contributed by atoms with Gasteiger partial charge in [0.1, 0.15) is 6.04 Å². The van der Waals surface area contributed by atoms with Crippen molar-refractivity contribution in [1.82, 2.24) is 5.32 Å². The Morgan fingerprint density at radius 2 is 2.00 bits per heavy atom. The molecular weight excluding hydrogens is 272 g/mol. The number of carbonyl (C=O) groups is 2. The molecule has 0 heterocycles. The molecule has 1 aromatic rings. The van der Waals surface area contributed by atoms with E-state index in [9.17, 15) is 9.59 Å². The van der Waals surface area contributed by atoms with Gasteiger partial charge in [-0.25, -0.2) is 0 Å². The zero-order valence-electron chi connectivity index (χ0n) is 9.54. The maximum atomic E-state index is 11.4. The molecule has 7 heteroatoms. The standard InChI is InChI=1S/C11H14N2O3S2/c12-9(10(14)15)7-17-18-11(16)13-6-8-4-2-1-3-5-8/h1-5,9H,6-7,12H2,(H,13,16)(H,14,15). The number of benzene rings is 1. The van der Waals surface area contributed by atoms with Crippen LogP contribution in [0.3, 0.4) is 0 Å². The first-order chi connectivity index (χ1) is 8.59. The Hall–Kier alpha value is -1.18. The van der Waals surface area contributed by atoms with Crippen LogP contribution in [0.15, 0.2) is 30.3 Å². The van der Waals surface area contributed by atoms with Crippen LogP contribution in [0.4, 0.5) is 4.79 Å². The number of nitrogens with two attached hydrogens (primary N) is 1. The highest BCUT2D eigenvalue weighted by Crippen LogP contribution is 2.22. The van der Waals surface area contributed by atoms with E-state index in [1.807, 2.05) is 30.3 Å². The van der Waals surface area contributed by atoms with E-state index >= 15 is 0 Å². The van der Waals surface area contributed by atoms with E-state index in [1.54, 1.807) is 0 Å². The fourth-order valence-electron chi connectivity index (χ4n) is 1.03. The van der Waals surface area contributed by atoms with E-state index in [0.29, 0.717) is 6.54 Å². The fraction of sp³-hybridized carbons (Fsp3) is 0.273. The molecule has 0 aliphatic carbocycles. The van der Waals surface area contributed by atoms with Crippen LogP contribution in [0, 0.1) is 0 Å². The summed E-state index contributed by atoms with van der Waals surface area (Å²) in [5.41, 5.74) is 6.31. The van der Waals surface area contributed by atoms with Gasteiger partial charge in [0, 0.05) is 23.1 Å². The molecule has 98 valence electrons. The lowest BCUT2D eigenvalue weighted by atomic mass is 10.2. The van der Waals surface area contributed by atoms with Crippen molar-refractivity contribution < 1.29 is 14.7 Å². The van der Waals surface area contributed by atoms with Gasteiger partial charge in [-0.3, -0.25) is 9.59 Å². The molecule has 0 aliphatic rings. The lowest BCUT2D eigenvalue weighted by molar-refractivity contribution is -0.137. The van der Waals surface area contributed by atoms with Crippen molar-refractivity contribution in [2.75, 3.05) is 5.75 Å². The van der Waals surface area contributed by atoms with Gasteiger partial charge in [0.15, 0.2) is 0 Å². The molecule has 0 aromatic heterocycles. The van der Waals surface area contributed by atoms with Gasteiger partial charge in [0.05, 0.1) is 0 Å². The first-order valence-corrected chi connectivity index (χ1v) is 7.51. The molecule has 0 spiro atoms. The molecule has 0 bridgehead atoms. The monoisotopic (exact) mass is 286 g/mol. The first kappa shape index (κ1) is 14.9. The molecule has 1 atom stereocenters. The SMILES string of the molecule is NC(CSSC(=O)NCc1ccccc1)C(=O)O. The van der Waals surface area contributed by atoms with Gasteiger partial charge >= 0.3 is 5.97 Å². The second kappa shape index (κ2) is 8.02. The molecule has 0 aliphatic heterocycles. The molecule has 1 amide bonds. The third-order valence-electron chi connectivity index (χ3n) is 1.98. The number of carbonyl (C=O) groups excluding carboxylic acids is 1. The molecule has 0 saturated carbocycles. The summed E-state index contributed by atoms with van der Waals surface area (Å²) >= 11 is 0. The van der Waals surface area contributed by atoms with Crippen LogP contribution in [-0.2, 0) is 11.3 Å². The minimum atomic E-state index is -1.06. The topological polar surface area (TPSA) is 92.4 Å². The minimum Gasteiger partial charge on any atom is -0.480 e. The Kier molecular flexibility index (Phi) is 6.63. The zero-order chi connectivity index (χ0) is 13.4. The van der Waals surface area contributed by atoms with E-state index in [0.717, 1.165) is 27.2 Å². The normalized spacial score (nSPS) is 11.8. The summed E-state index contributed by atoms with van der Waals surface area (Å²) in [6.07, 6.45) is 0. The highest BCUT2D eigenvalue weighted by Gasteiger charge is 2.12. The second-order valence-corrected chi connectivity index (χ2v) is 5.75. The van der Waals surface area contributed by atoms with Crippen LogP contribution < -0.4 is 11.1 Å². The van der Waals surface area contributed by atoms with Crippen LogP contribution in [0.1, 0.15) is 5.56 Å². The Balaban J connectivity index is 2.17. The lowest BCUT2D eigenvalue weighted by Crippen LogP contribution is -2.32. The summed E-state index contributed by atoms with van der Waals surface area (Å²) in [6.45, 7) is 0.457. The summed E-state index contributed by atoms with van der Waals surface area (Å²) < 4.78 is 0. The third kappa shape index (κ3) is 5.95. The Morgan fingerprint density at radius 3 is 2.61 bits per heavy atom. The van der Waals surface area contributed by atoms with Gasteiger partial charge in [-0.05, 0) is 5.56 Å². The summed E-state index contributed by atoms with van der Waals surface area (Å²) in [4.78, 5) is 21.8. The van der Waals surface area contributed by atoms with Crippen molar-refractivity contribution >= 4 is 32.8 Å². The molecule has 1 unspecified atom stereocenters. The molecule has 1 rings (SSSR count). The maximum absolute atomic E-state index is 11.4. The Bertz CT molecular complexity index is 401. The fourth-order valence-corrected chi connectivity index (χ4v) is 2.77. The van der Waals surface area contributed by atoms with Crippen LogP contribution in [0.25, 0.3) is 0 Å². The molecule has 4 N–H and O–H groups in total. The Morgan fingerprint density at radius 1 is 1.33 bits per heavy atom. The summed E-state index contributed by atoms with van der Waals surface area (Å²) in [7, 11) is 2.10. The molecule has 0 fully saturated rings. The van der Waals surface area contributed by atoms with Crippen molar-refractivity contribution in [1.29, 1.82) is 0 Å². The van der Waals surface area contributed by atoms with E-state index in [4.69, 9.17) is 10.8 Å². The second-order valence-electron chi connectivity index (χ2n) is 3.44. The molecule has 5 nitrogen and oxygen atoms in total. The average molecular weight is 286 g/mol. The molecular formula is C11H14N2O3S2. The number of amides is 1. The zero-order valence-corrected chi connectivity index (χ0v) is 11.2. The van der Waals surface area contributed by atoms with Crippen LogP contribution >= 0.6 is 21.6 Å². The van der Waals surface area contributed by atoms with Gasteiger partial charge in [0.25, 0.3) is 5.24 Å². The van der Waals surface area contributed by atoms with Gasteiger partial charge in [-0.1, -0.05) is 41.1 Å². The smallest absolute Gasteiger partial charge is 0.321 e. The van der Waals surface area contributed by atoms with Gasteiger partial charge in [0.2, 0.25) is 0 Å². The lowest BCUT2D eigenvalue weighted by Gasteiger charge is -2.06. The summed E-state index contributed by atoms with van der Waals surface area (Å²) in [6, 6.07) is 8.59. The number of rotatable bonds is 6. The van der Waals surface area contributed by atoms with E-state index in [-0.39, 0.29) is 11.0 Å². The average Bonchev–Trinajstić information content (AvgIpc) is 2.37. The number of aliphatic carboxylic acids is 1. The van der Waals surface area contributed by atoms with Crippen molar-refractivity contribution in [2.24, 2.45) is 5.73 Å². The number of nitrogens with one attached hydrogen (secondary N) is 1. The number of hydrogen-bond acceptors (Lipinski definition) is 5. The molecule has 0 radical (unpaired) electrons. The highest BCUT2D eigenvalue weighted by molar-refractivity contribution is 8.82. The van der Waals surface area contributed by atoms with Gasteiger partial charge < -0.3 is 16.2 Å². The summed E-state index contributed by atoms with van der Waals surface area (Å²) in [5, 5.41) is 11.1. The van der Waals surface area contributed by atoms with Crippen LogP contribution in [0.5, 0.6) is 0 Å². The Labute approximate surface area is 113 Å². The summed E-state index contributed by atoms with van der Waals surface area (Å²) in [5.74, 6) is -0.869. The van der Waals surface area contributed by atoms with Crippen LogP contribution in [0.2, 0.25) is 0 Å². The largest absolute Gasteiger partial charge is 0.480 e. The van der Waals surface area contributed by atoms with Crippen LogP contribution in [-0.4, -0.2) is 28.1 Å². The minimum absolute atomic E-state index is 0.193. The predicted molar refractivity (Wildman–Crippen MR) is 74.3 cm³/mol. The van der Waals surface area contributed by atoms with Gasteiger partial charge in [-0.2, -0.15) is 0 Å². The first-order valence-electron chi connectivity index (χ1n) is 5.19. The number of hydrogen-bond donors (Lipinski definition) is 3. The van der Waals surface area contributed by atoms with Gasteiger partial charge in [-0.15, -0.1) is 0 Å². The van der Waals surface area contributed by atoms with Crippen molar-refractivity contribution in [3.05, 3.63) is 35.9 Å². The van der Waals surface area contributed by atoms with Crippen molar-refractivity contribution in [3.8, 4) is 0 Å². The van der Waals surface area contributed by atoms with Crippen molar-refractivity contribution in [2.45, 2.75) is 12.6 Å². The van der Waals surface area contributed by atoms with E-state index in [1.165, 1.54) is 0 Å². The number of carboxylic acids is 1. The number of carboxylic acid groups (broad SMARTS) is 1. The third-order valence-corrected chi connectivity index (χ3v) is 4.10. The highest BCUT2D eigenvalue weighted by atomic mass is 33.1. The molecule has 1 aromatic carbocycles. The molecule has 0 saturated heterocycles. The maximum Gasteiger partial charge on any atom is 0.321 e. The van der Waals surface area contributed by atoms with Crippen molar-refractivity contribution in [3.63, 3.8) is 0 Å². The predicted octanol–water partition coefficient (Wildman–Crippen LogP) is 1.69. The van der Waals surface area contributed by atoms with E-state index in [2.05, 4.69) is 5.32 Å². The molecule has 18 heavy (non-hydrogen) atoms.